The maximum Gasteiger partial charge on any atom is 0.191 e. The van der Waals surface area contributed by atoms with E-state index in [1.807, 2.05) is 11.8 Å². The van der Waals surface area contributed by atoms with Crippen LogP contribution in [0.5, 0.6) is 0 Å². The largest absolute Gasteiger partial charge is 0.355 e. The van der Waals surface area contributed by atoms with Crippen molar-refractivity contribution in [1.29, 1.82) is 0 Å². The quantitative estimate of drug-likeness (QED) is 0.776. The molecule has 2 heterocycles. The minimum atomic E-state index is 0.418. The van der Waals surface area contributed by atoms with Gasteiger partial charge in [-0.25, -0.2) is 0 Å². The Morgan fingerprint density at radius 2 is 2.31 bits per heavy atom. The Morgan fingerprint density at radius 3 is 3.19 bits per heavy atom. The minimum Gasteiger partial charge on any atom is -0.355 e. The van der Waals surface area contributed by atoms with Crippen molar-refractivity contribution in [3.8, 4) is 0 Å². The van der Waals surface area contributed by atoms with E-state index >= 15 is 0 Å². The maximum absolute atomic E-state index is 4.39. The molecule has 1 atom stereocenters. The summed E-state index contributed by atoms with van der Waals surface area (Å²) < 4.78 is 0. The van der Waals surface area contributed by atoms with Crippen molar-refractivity contribution in [1.82, 2.24) is 10.6 Å². The van der Waals surface area contributed by atoms with E-state index in [0.717, 1.165) is 19.0 Å². The van der Waals surface area contributed by atoms with Crippen molar-refractivity contribution in [3.05, 3.63) is 29.8 Å². The van der Waals surface area contributed by atoms with Gasteiger partial charge in [-0.1, -0.05) is 18.2 Å². The zero-order valence-electron chi connectivity index (χ0n) is 9.07. The minimum absolute atomic E-state index is 0.418. The van der Waals surface area contributed by atoms with Gasteiger partial charge in [-0.2, -0.15) is 0 Å². The van der Waals surface area contributed by atoms with Crippen LogP contribution in [0.15, 0.2) is 34.2 Å². The lowest BCUT2D eigenvalue weighted by Crippen LogP contribution is -2.37. The van der Waals surface area contributed by atoms with Crippen LogP contribution in [0.3, 0.4) is 0 Å². The number of benzene rings is 1. The summed E-state index contributed by atoms with van der Waals surface area (Å²) in [7, 11) is 0. The summed E-state index contributed by atoms with van der Waals surface area (Å²) in [4.78, 5) is 5.80. The van der Waals surface area contributed by atoms with Crippen molar-refractivity contribution >= 4 is 17.7 Å². The molecule has 2 aliphatic rings. The first-order chi connectivity index (χ1) is 7.93. The highest BCUT2D eigenvalue weighted by Gasteiger charge is 2.21. The summed E-state index contributed by atoms with van der Waals surface area (Å²) in [5, 5.41) is 6.77. The third-order valence-electron chi connectivity index (χ3n) is 2.94. The second-order valence-electron chi connectivity index (χ2n) is 4.03. The van der Waals surface area contributed by atoms with Crippen LogP contribution in [0.4, 0.5) is 0 Å². The number of rotatable bonds is 1. The van der Waals surface area contributed by atoms with Crippen LogP contribution in [0, 0.1) is 0 Å². The van der Waals surface area contributed by atoms with Gasteiger partial charge in [-0.05, 0) is 18.1 Å². The number of nitrogens with zero attached hydrogens (tertiary/aromatic N) is 1. The molecule has 0 aliphatic carbocycles. The van der Waals surface area contributed by atoms with E-state index in [-0.39, 0.29) is 0 Å². The number of hydrogen-bond acceptors (Lipinski definition) is 4. The molecule has 4 heteroatoms. The number of hydrogen-bond donors (Lipinski definition) is 2. The SMILES string of the molecule is c1ccc2c(c1)SCC[C@H]2NC1=NCCN1. The van der Waals surface area contributed by atoms with Crippen LogP contribution in [0.2, 0.25) is 0 Å². The van der Waals surface area contributed by atoms with Crippen LogP contribution in [0.1, 0.15) is 18.0 Å². The number of fused-ring (bicyclic) bond motifs is 1. The van der Waals surface area contributed by atoms with Crippen molar-refractivity contribution in [2.24, 2.45) is 4.99 Å². The summed E-state index contributed by atoms with van der Waals surface area (Å²) in [6, 6.07) is 9.07. The molecule has 2 N–H and O–H groups in total. The predicted octanol–water partition coefficient (Wildman–Crippen LogP) is 1.77. The average molecular weight is 233 g/mol. The second kappa shape index (κ2) is 4.37. The Morgan fingerprint density at radius 1 is 1.38 bits per heavy atom. The van der Waals surface area contributed by atoms with Crippen LogP contribution in [0.25, 0.3) is 0 Å². The lowest BCUT2D eigenvalue weighted by Gasteiger charge is -2.26. The molecule has 0 amide bonds. The molecule has 2 aliphatic heterocycles. The van der Waals surface area contributed by atoms with E-state index in [1.54, 1.807) is 0 Å². The van der Waals surface area contributed by atoms with Crippen molar-refractivity contribution in [2.45, 2.75) is 17.4 Å². The Hall–Kier alpha value is -1.16. The maximum atomic E-state index is 4.39. The van der Waals surface area contributed by atoms with E-state index < -0.39 is 0 Å². The average Bonchev–Trinajstić information content (AvgIpc) is 2.82. The highest BCUT2D eigenvalue weighted by molar-refractivity contribution is 7.99. The molecule has 0 saturated heterocycles. The smallest absolute Gasteiger partial charge is 0.191 e. The summed E-state index contributed by atoms with van der Waals surface area (Å²) in [6.07, 6.45) is 1.17. The molecule has 0 radical (unpaired) electrons. The molecule has 16 heavy (non-hydrogen) atoms. The van der Waals surface area contributed by atoms with Gasteiger partial charge in [0.2, 0.25) is 0 Å². The number of nitrogens with one attached hydrogen (secondary N) is 2. The van der Waals surface area contributed by atoms with Crippen molar-refractivity contribution in [2.75, 3.05) is 18.8 Å². The van der Waals surface area contributed by atoms with Gasteiger partial charge in [0, 0.05) is 17.2 Å². The molecular weight excluding hydrogens is 218 g/mol. The zero-order valence-corrected chi connectivity index (χ0v) is 9.89. The third-order valence-corrected chi connectivity index (χ3v) is 4.07. The van der Waals surface area contributed by atoms with E-state index in [9.17, 15) is 0 Å². The molecule has 0 saturated carbocycles. The van der Waals surface area contributed by atoms with E-state index in [0.29, 0.717) is 6.04 Å². The summed E-state index contributed by atoms with van der Waals surface area (Å²) in [5.41, 5.74) is 1.41. The molecule has 3 nitrogen and oxygen atoms in total. The summed E-state index contributed by atoms with van der Waals surface area (Å²) in [6.45, 7) is 1.86. The van der Waals surface area contributed by atoms with Crippen molar-refractivity contribution < 1.29 is 0 Å². The van der Waals surface area contributed by atoms with Gasteiger partial charge >= 0.3 is 0 Å². The van der Waals surface area contributed by atoms with Gasteiger partial charge in [0.15, 0.2) is 5.96 Å². The van der Waals surface area contributed by atoms with Crippen LogP contribution >= 0.6 is 11.8 Å². The molecule has 0 aromatic heterocycles. The number of thioether (sulfide) groups is 1. The summed E-state index contributed by atoms with van der Waals surface area (Å²) in [5.74, 6) is 2.15. The Balaban J connectivity index is 1.81. The molecule has 1 aromatic rings. The topological polar surface area (TPSA) is 36.4 Å². The molecular formula is C12H15N3S. The fourth-order valence-electron chi connectivity index (χ4n) is 2.15. The van der Waals surface area contributed by atoms with E-state index in [4.69, 9.17) is 0 Å². The van der Waals surface area contributed by atoms with Crippen LogP contribution in [-0.4, -0.2) is 24.8 Å². The Labute approximate surface area is 99.7 Å². The van der Waals surface area contributed by atoms with Gasteiger partial charge < -0.3 is 10.6 Å². The first-order valence-corrected chi connectivity index (χ1v) is 6.68. The normalized spacial score (nSPS) is 23.2. The van der Waals surface area contributed by atoms with Gasteiger partial charge in [0.1, 0.15) is 0 Å². The second-order valence-corrected chi connectivity index (χ2v) is 5.17. The third kappa shape index (κ3) is 1.89. The fraction of sp³-hybridized carbons (Fsp3) is 0.417. The zero-order chi connectivity index (χ0) is 10.8. The molecule has 1 aromatic carbocycles. The molecule has 0 fully saturated rings. The predicted molar refractivity (Wildman–Crippen MR) is 68.0 cm³/mol. The van der Waals surface area contributed by atoms with Crippen LogP contribution < -0.4 is 10.6 Å². The number of aliphatic imine (C=N–C) groups is 1. The van der Waals surface area contributed by atoms with Gasteiger partial charge in [0.25, 0.3) is 0 Å². The molecule has 3 rings (SSSR count). The molecule has 84 valence electrons. The van der Waals surface area contributed by atoms with Crippen LogP contribution in [-0.2, 0) is 0 Å². The fourth-order valence-corrected chi connectivity index (χ4v) is 3.28. The monoisotopic (exact) mass is 233 g/mol. The first kappa shape index (κ1) is 10.0. The lowest BCUT2D eigenvalue weighted by atomic mass is 10.0. The summed E-state index contributed by atoms with van der Waals surface area (Å²) >= 11 is 1.95. The first-order valence-electron chi connectivity index (χ1n) is 5.70. The van der Waals surface area contributed by atoms with E-state index in [1.165, 1.54) is 22.6 Å². The van der Waals surface area contributed by atoms with Crippen molar-refractivity contribution in [3.63, 3.8) is 0 Å². The highest BCUT2D eigenvalue weighted by Crippen LogP contribution is 2.35. The van der Waals surface area contributed by atoms with Gasteiger partial charge in [-0.15, -0.1) is 11.8 Å². The van der Waals surface area contributed by atoms with Gasteiger partial charge in [-0.3, -0.25) is 4.99 Å². The molecule has 0 spiro atoms. The highest BCUT2D eigenvalue weighted by atomic mass is 32.2. The van der Waals surface area contributed by atoms with E-state index in [2.05, 4.69) is 39.9 Å². The lowest BCUT2D eigenvalue weighted by molar-refractivity contribution is 0.603. The standard InChI is InChI=1S/C12H15N3S/c1-2-4-11-9(3-1)10(5-8-16-11)15-12-13-6-7-14-12/h1-4,10H,5-8H2,(H2,13,14,15)/t10-/m1/s1. The molecule has 0 bridgehead atoms. The van der Waals surface area contributed by atoms with Gasteiger partial charge in [0.05, 0.1) is 12.6 Å². The Bertz CT molecular complexity index is 416. The molecule has 0 unspecified atom stereocenters. The Kier molecular flexibility index (Phi) is 2.74. The number of guanidine groups is 1.